The highest BCUT2D eigenvalue weighted by molar-refractivity contribution is 6.32. The molecule has 29 heavy (non-hydrogen) atoms. The second-order valence-electron chi connectivity index (χ2n) is 5.92. The molecule has 0 N–H and O–H groups in total. The van der Waals surface area contributed by atoms with Crippen molar-refractivity contribution in [3.05, 3.63) is 77.3 Å². The van der Waals surface area contributed by atoms with E-state index in [4.69, 9.17) is 32.2 Å². The lowest BCUT2D eigenvalue weighted by Crippen LogP contribution is -2.01. The Morgan fingerprint density at radius 3 is 2.41 bits per heavy atom. The van der Waals surface area contributed by atoms with Crippen LogP contribution in [0.2, 0.25) is 5.02 Å². The van der Waals surface area contributed by atoms with E-state index in [0.717, 1.165) is 22.7 Å². The van der Waals surface area contributed by atoms with E-state index in [2.05, 4.69) is 10.9 Å². The zero-order valence-corrected chi connectivity index (χ0v) is 16.7. The molecule has 0 fully saturated rings. The molecule has 0 atom stereocenters. The van der Waals surface area contributed by atoms with Crippen LogP contribution in [0.4, 0.5) is 5.69 Å². The summed E-state index contributed by atoms with van der Waals surface area (Å²) >= 11 is 6.33. The summed E-state index contributed by atoms with van der Waals surface area (Å²) in [6.07, 6.45) is 6.97. The van der Waals surface area contributed by atoms with Crippen LogP contribution in [0.15, 0.2) is 71.7 Å². The Kier molecular flexibility index (Phi) is 7.16. The highest BCUT2D eigenvalue weighted by Gasteiger charge is 2.11. The maximum Gasteiger partial charge on any atom is 0.181 e. The van der Waals surface area contributed by atoms with Crippen LogP contribution in [0, 0.1) is 12.3 Å². The lowest BCUT2D eigenvalue weighted by atomic mass is 10.2. The standard InChI is InChI=1S/C24H20ClNO3/c1-3-14-28-24-22(25)15-18(16-23(24)27-4-2)17-26-19-10-12-21(13-11-19)29-20-8-6-5-7-9-20/h1,5-13,15-17H,4,14H2,2H3. The van der Waals surface area contributed by atoms with Crippen molar-refractivity contribution in [3.63, 3.8) is 0 Å². The average molecular weight is 406 g/mol. The molecule has 0 unspecified atom stereocenters. The van der Waals surface area contributed by atoms with Gasteiger partial charge >= 0.3 is 0 Å². The summed E-state index contributed by atoms with van der Waals surface area (Å²) in [5.41, 5.74) is 1.57. The smallest absolute Gasteiger partial charge is 0.181 e. The molecule has 0 aliphatic carbocycles. The number of halogens is 1. The van der Waals surface area contributed by atoms with Crippen LogP contribution in [0.5, 0.6) is 23.0 Å². The van der Waals surface area contributed by atoms with E-state index in [1.54, 1.807) is 12.3 Å². The molecule has 0 bridgehead atoms. The van der Waals surface area contributed by atoms with Gasteiger partial charge in [-0.2, -0.15) is 0 Å². The third kappa shape index (κ3) is 5.78. The number of hydrogen-bond acceptors (Lipinski definition) is 4. The highest BCUT2D eigenvalue weighted by atomic mass is 35.5. The van der Waals surface area contributed by atoms with Crippen LogP contribution in [-0.4, -0.2) is 19.4 Å². The van der Waals surface area contributed by atoms with E-state index in [0.29, 0.717) is 23.1 Å². The molecule has 5 heteroatoms. The SMILES string of the molecule is C#CCOc1c(Cl)cc(C=Nc2ccc(Oc3ccccc3)cc2)cc1OCC. The fourth-order valence-electron chi connectivity index (χ4n) is 2.55. The van der Waals surface area contributed by atoms with Crippen molar-refractivity contribution in [1.82, 2.24) is 0 Å². The zero-order chi connectivity index (χ0) is 20.5. The maximum atomic E-state index is 6.33. The van der Waals surface area contributed by atoms with Gasteiger partial charge in [0.1, 0.15) is 18.1 Å². The van der Waals surface area contributed by atoms with Gasteiger partial charge in [-0.15, -0.1) is 6.42 Å². The summed E-state index contributed by atoms with van der Waals surface area (Å²) in [7, 11) is 0. The van der Waals surface area contributed by atoms with Gasteiger partial charge in [-0.3, -0.25) is 4.99 Å². The van der Waals surface area contributed by atoms with Crippen LogP contribution >= 0.6 is 11.6 Å². The Bertz CT molecular complexity index is 1010. The summed E-state index contributed by atoms with van der Waals surface area (Å²) < 4.78 is 16.9. The molecular formula is C24H20ClNO3. The molecule has 0 spiro atoms. The number of hydrogen-bond donors (Lipinski definition) is 0. The quantitative estimate of drug-likeness (QED) is 0.326. The normalized spacial score (nSPS) is 10.5. The highest BCUT2D eigenvalue weighted by Crippen LogP contribution is 2.36. The Hall–Kier alpha value is -3.42. The lowest BCUT2D eigenvalue weighted by molar-refractivity contribution is 0.299. The maximum absolute atomic E-state index is 6.33. The number of benzene rings is 3. The van der Waals surface area contributed by atoms with Crippen LogP contribution in [0.25, 0.3) is 0 Å². The van der Waals surface area contributed by atoms with Gasteiger partial charge in [0.2, 0.25) is 0 Å². The number of terminal acetylenes is 1. The Morgan fingerprint density at radius 2 is 1.72 bits per heavy atom. The molecule has 0 amide bonds. The number of para-hydroxylation sites is 1. The molecule has 0 radical (unpaired) electrons. The number of aliphatic imine (C=N–C) groups is 1. The third-order valence-electron chi connectivity index (χ3n) is 3.81. The largest absolute Gasteiger partial charge is 0.490 e. The first kappa shape index (κ1) is 20.3. The van der Waals surface area contributed by atoms with Crippen LogP contribution in [0.3, 0.4) is 0 Å². The van der Waals surface area contributed by atoms with Crippen LogP contribution in [0.1, 0.15) is 12.5 Å². The second-order valence-corrected chi connectivity index (χ2v) is 6.33. The minimum atomic E-state index is 0.116. The van der Waals surface area contributed by atoms with Gasteiger partial charge in [0.25, 0.3) is 0 Å². The lowest BCUT2D eigenvalue weighted by Gasteiger charge is -2.12. The van der Waals surface area contributed by atoms with E-state index in [-0.39, 0.29) is 6.61 Å². The predicted molar refractivity (Wildman–Crippen MR) is 117 cm³/mol. The van der Waals surface area contributed by atoms with E-state index in [9.17, 15) is 0 Å². The molecule has 3 rings (SSSR count). The number of nitrogens with zero attached hydrogens (tertiary/aromatic N) is 1. The molecule has 146 valence electrons. The molecule has 0 aromatic heterocycles. The molecule has 0 aliphatic heterocycles. The second kappa shape index (κ2) is 10.2. The first-order valence-electron chi connectivity index (χ1n) is 9.09. The van der Waals surface area contributed by atoms with Crippen molar-refractivity contribution in [2.75, 3.05) is 13.2 Å². The summed E-state index contributed by atoms with van der Waals surface area (Å²) in [6, 6.07) is 20.7. The third-order valence-corrected chi connectivity index (χ3v) is 4.09. The summed E-state index contributed by atoms with van der Waals surface area (Å²) in [4.78, 5) is 4.49. The molecule has 4 nitrogen and oxygen atoms in total. The van der Waals surface area contributed by atoms with Gasteiger partial charge in [-0.1, -0.05) is 35.7 Å². The summed E-state index contributed by atoms with van der Waals surface area (Å²) in [5.74, 6) is 4.92. The van der Waals surface area contributed by atoms with Gasteiger partial charge in [-0.05, 0) is 61.0 Å². The summed E-state index contributed by atoms with van der Waals surface area (Å²) in [5, 5.41) is 0.416. The Labute approximate surface area is 175 Å². The van der Waals surface area contributed by atoms with Gasteiger partial charge < -0.3 is 14.2 Å². The molecule has 0 saturated carbocycles. The number of ether oxygens (including phenoxy) is 3. The fraction of sp³-hybridized carbons (Fsp3) is 0.125. The first-order valence-corrected chi connectivity index (χ1v) is 9.47. The molecule has 3 aromatic carbocycles. The van der Waals surface area contributed by atoms with E-state index < -0.39 is 0 Å². The zero-order valence-electron chi connectivity index (χ0n) is 16.0. The van der Waals surface area contributed by atoms with E-state index in [1.807, 2.05) is 67.6 Å². The topological polar surface area (TPSA) is 40.0 Å². The minimum absolute atomic E-state index is 0.116. The molecule has 3 aromatic rings. The van der Waals surface area contributed by atoms with E-state index >= 15 is 0 Å². The van der Waals surface area contributed by atoms with Crippen molar-refractivity contribution < 1.29 is 14.2 Å². The van der Waals surface area contributed by atoms with Gasteiger partial charge in [0, 0.05) is 6.21 Å². The van der Waals surface area contributed by atoms with Crippen molar-refractivity contribution in [2.24, 2.45) is 4.99 Å². The van der Waals surface area contributed by atoms with Crippen LogP contribution < -0.4 is 14.2 Å². The fourth-order valence-corrected chi connectivity index (χ4v) is 2.83. The first-order chi connectivity index (χ1) is 14.2. The van der Waals surface area contributed by atoms with Gasteiger partial charge in [-0.25, -0.2) is 0 Å². The van der Waals surface area contributed by atoms with Crippen molar-refractivity contribution in [3.8, 4) is 35.3 Å². The van der Waals surface area contributed by atoms with Crippen molar-refractivity contribution >= 4 is 23.5 Å². The van der Waals surface area contributed by atoms with Crippen molar-refractivity contribution in [2.45, 2.75) is 6.92 Å². The monoisotopic (exact) mass is 405 g/mol. The molecule has 0 heterocycles. The Morgan fingerprint density at radius 1 is 1.00 bits per heavy atom. The van der Waals surface area contributed by atoms with E-state index in [1.165, 1.54) is 0 Å². The molecule has 0 saturated heterocycles. The minimum Gasteiger partial charge on any atom is -0.490 e. The van der Waals surface area contributed by atoms with Gasteiger partial charge in [0.15, 0.2) is 11.5 Å². The summed E-state index contributed by atoms with van der Waals surface area (Å²) in [6.45, 7) is 2.48. The van der Waals surface area contributed by atoms with Crippen LogP contribution in [-0.2, 0) is 0 Å². The number of rotatable bonds is 8. The predicted octanol–water partition coefficient (Wildman–Crippen LogP) is 6.29. The van der Waals surface area contributed by atoms with Crippen molar-refractivity contribution in [1.29, 1.82) is 0 Å². The van der Waals surface area contributed by atoms with Gasteiger partial charge in [0.05, 0.1) is 17.3 Å². The molecular weight excluding hydrogens is 386 g/mol. The molecule has 0 aliphatic rings. The Balaban J connectivity index is 1.74. The average Bonchev–Trinajstić information content (AvgIpc) is 2.74.